The molecule has 3 N–H and O–H groups in total. The molecule has 0 bridgehead atoms. The second kappa shape index (κ2) is 54.2. The Morgan fingerprint density at radius 3 is 1.40 bits per heavy atom. The molecule has 0 aliphatic rings. The molecule has 4 heteroatoms. The highest BCUT2D eigenvalue weighted by molar-refractivity contribution is 14.1. The van der Waals surface area contributed by atoms with Crippen LogP contribution >= 0.6 is 23.0 Å². The van der Waals surface area contributed by atoms with Crippen molar-refractivity contribution in [2.75, 3.05) is 0 Å². The van der Waals surface area contributed by atoms with Crippen LogP contribution in [-0.4, -0.2) is 8.91 Å². The summed E-state index contributed by atoms with van der Waals surface area (Å²) in [7, 11) is 0. The first kappa shape index (κ1) is 32.6. The molecule has 0 heterocycles. The maximum absolute atomic E-state index is 6.97. The van der Waals surface area contributed by atoms with Gasteiger partial charge in [-0.1, -0.05) is 7.43 Å². The molecule has 0 saturated carbocycles. The van der Waals surface area contributed by atoms with E-state index >= 15 is 0 Å². The Bertz CT molecular complexity index is 11.5. The van der Waals surface area contributed by atoms with E-state index in [4.69, 9.17) is 3.44 Å². The fourth-order valence-electron chi connectivity index (χ4n) is 0. The van der Waals surface area contributed by atoms with Crippen molar-refractivity contribution in [1.82, 2.24) is 0 Å². The molecule has 0 spiro atoms. The van der Waals surface area contributed by atoms with Gasteiger partial charge >= 0.3 is 1.43 Å². The van der Waals surface area contributed by atoms with E-state index in [1.165, 1.54) is 0 Å². The quantitative estimate of drug-likeness (QED) is 0.485. The van der Waals surface area contributed by atoms with E-state index in [9.17, 15) is 0 Å². The van der Waals surface area contributed by atoms with Gasteiger partial charge in [0.1, 0.15) is 23.0 Å². The summed E-state index contributed by atoms with van der Waals surface area (Å²) in [6.07, 6.45) is 0. The van der Waals surface area contributed by atoms with Gasteiger partial charge in [0.15, 0.2) is 0 Å². The van der Waals surface area contributed by atoms with Crippen molar-refractivity contribution < 1.29 is 34.3 Å². The largest absolute Gasteiger partial charge is 1.00 e. The monoisotopic (exact) mass is 306 g/mol. The van der Waals surface area contributed by atoms with Crippen LogP contribution in [-0.2, 0) is 0 Å². The Balaban J connectivity index is -0.000000000833. The predicted molar refractivity (Wildman–Crippen MR) is 27.7 cm³/mol. The molecule has 0 radical (unpaired) electrons. The SMILES string of the molecule is C.O.OI.[H+].[I-]. The lowest BCUT2D eigenvalue weighted by Gasteiger charge is -1.14. The van der Waals surface area contributed by atoms with Crippen molar-refractivity contribution in [2.24, 2.45) is 0 Å². The number of hydrogen-bond acceptors (Lipinski definition) is 1. The summed E-state index contributed by atoms with van der Waals surface area (Å²) in [5, 5.41) is 0. The second-order valence-corrected chi connectivity index (χ2v) is 0. The van der Waals surface area contributed by atoms with Crippen molar-refractivity contribution in [3.63, 3.8) is 0 Å². The molecule has 0 unspecified atom stereocenters. The Kier molecular flexibility index (Phi) is 353. The van der Waals surface area contributed by atoms with Gasteiger partial charge in [-0.15, -0.1) is 0 Å². The van der Waals surface area contributed by atoms with Gasteiger partial charge in [0.25, 0.3) is 0 Å². The molecule has 0 aliphatic heterocycles. The maximum atomic E-state index is 6.97. The Morgan fingerprint density at radius 1 is 1.40 bits per heavy atom. The van der Waals surface area contributed by atoms with Gasteiger partial charge in [-0.2, -0.15) is 0 Å². The average Bonchev–Trinajstić information content (AvgIpc) is 1.00. The van der Waals surface area contributed by atoms with Crippen LogP contribution in [0.25, 0.3) is 0 Å². The minimum atomic E-state index is 0. The zero-order valence-corrected chi connectivity index (χ0v) is 6.02. The molecule has 2 nitrogen and oxygen atoms in total. The molecular weight excluding hydrogens is 298 g/mol. The first-order chi connectivity index (χ1) is 1.00. The highest BCUT2D eigenvalue weighted by atomic mass is 127. The van der Waals surface area contributed by atoms with Gasteiger partial charge in [0, 0.05) is 0 Å². The molecule has 0 fully saturated rings. The van der Waals surface area contributed by atoms with E-state index in [1.54, 1.807) is 0 Å². The summed E-state index contributed by atoms with van der Waals surface area (Å²) in [6, 6.07) is 0. The van der Waals surface area contributed by atoms with E-state index in [2.05, 4.69) is 0 Å². The third-order valence-corrected chi connectivity index (χ3v) is 0. The molecule has 0 amide bonds. The zero-order valence-electron chi connectivity index (χ0n) is 2.70. The fourth-order valence-corrected chi connectivity index (χ4v) is 0. The first-order valence-electron chi connectivity index (χ1n) is 0.169. The van der Waals surface area contributed by atoms with Crippen LogP contribution in [0.3, 0.4) is 0 Å². The molecule has 0 aromatic rings. The summed E-state index contributed by atoms with van der Waals surface area (Å²) >= 11 is 1.15. The minimum Gasteiger partial charge on any atom is -1.00 e. The van der Waals surface area contributed by atoms with Crippen LogP contribution in [0.1, 0.15) is 8.85 Å². The summed E-state index contributed by atoms with van der Waals surface area (Å²) in [5.74, 6) is 0. The number of hydrogen-bond donors (Lipinski definition) is 1. The second-order valence-electron chi connectivity index (χ2n) is 0. The van der Waals surface area contributed by atoms with Crippen molar-refractivity contribution in [3.05, 3.63) is 0 Å². The summed E-state index contributed by atoms with van der Waals surface area (Å²) in [4.78, 5) is 0. The van der Waals surface area contributed by atoms with Crippen molar-refractivity contribution in [1.29, 1.82) is 0 Å². The van der Waals surface area contributed by atoms with Gasteiger partial charge < -0.3 is 32.9 Å². The van der Waals surface area contributed by atoms with Crippen LogP contribution in [0.4, 0.5) is 0 Å². The number of halogens is 2. The van der Waals surface area contributed by atoms with Crippen LogP contribution in [0, 0.1) is 0 Å². The van der Waals surface area contributed by atoms with Crippen molar-refractivity contribution >= 4 is 23.0 Å². The molecule has 38 valence electrons. The Labute approximate surface area is 64.5 Å². The molecule has 0 saturated heterocycles. The number of rotatable bonds is 0. The predicted octanol–water partition coefficient (Wildman–Crippen LogP) is -2.74. The van der Waals surface area contributed by atoms with Gasteiger partial charge in [-0.3, -0.25) is 0 Å². The molecule has 0 aromatic carbocycles. The molecule has 0 aliphatic carbocycles. The summed E-state index contributed by atoms with van der Waals surface area (Å²) in [6.45, 7) is 0. The van der Waals surface area contributed by atoms with E-state index in [0.717, 1.165) is 23.0 Å². The lowest BCUT2D eigenvalue weighted by molar-refractivity contribution is -0.00000283. The summed E-state index contributed by atoms with van der Waals surface area (Å²) in [5.41, 5.74) is 0. The molecule has 0 atom stereocenters. The van der Waals surface area contributed by atoms with Crippen LogP contribution in [0.2, 0.25) is 0 Å². The van der Waals surface area contributed by atoms with Crippen molar-refractivity contribution in [2.45, 2.75) is 7.43 Å². The lowest BCUT2D eigenvalue weighted by Crippen LogP contribution is -3.00. The third-order valence-electron chi connectivity index (χ3n) is 0. The Morgan fingerprint density at radius 2 is 1.40 bits per heavy atom. The first-order valence-corrected chi connectivity index (χ1v) is 1.13. The Hall–Kier alpha value is 1.38. The lowest BCUT2D eigenvalue weighted by atomic mass is 12.0. The summed E-state index contributed by atoms with van der Waals surface area (Å²) < 4.78 is 6.97. The minimum absolute atomic E-state index is 0. The standard InChI is InChI=1S/CH4.HIO.HI.H2O/c;1-2;;/h1H4;2H;1H;1H2. The van der Waals surface area contributed by atoms with Gasteiger partial charge in [0.2, 0.25) is 0 Å². The third kappa shape index (κ3) is 32.3. The maximum Gasteiger partial charge on any atom is 1.00 e. The van der Waals surface area contributed by atoms with Crippen LogP contribution in [0.5, 0.6) is 0 Å². The van der Waals surface area contributed by atoms with E-state index in [0.29, 0.717) is 0 Å². The highest BCUT2D eigenvalue weighted by Crippen LogP contribution is 1.46. The van der Waals surface area contributed by atoms with E-state index in [-0.39, 0.29) is 38.3 Å². The molecule has 0 aromatic heterocycles. The fraction of sp³-hybridized carbons (Fsp3) is 1.00. The van der Waals surface area contributed by atoms with Gasteiger partial charge in [-0.25, -0.2) is 0 Å². The topological polar surface area (TPSA) is 51.7 Å². The van der Waals surface area contributed by atoms with E-state index < -0.39 is 0 Å². The van der Waals surface area contributed by atoms with Crippen molar-refractivity contribution in [3.8, 4) is 0 Å². The van der Waals surface area contributed by atoms with Gasteiger partial charge in [0.05, 0.1) is 0 Å². The normalized spacial score (nSPS) is 1.20. The molecule has 5 heavy (non-hydrogen) atoms. The molecule has 0 rings (SSSR count). The zero-order chi connectivity index (χ0) is 2.00. The highest BCUT2D eigenvalue weighted by Gasteiger charge is 0.911. The van der Waals surface area contributed by atoms with Crippen LogP contribution < -0.4 is 24.0 Å². The van der Waals surface area contributed by atoms with Gasteiger partial charge in [-0.05, 0) is 0 Å². The smallest absolute Gasteiger partial charge is 1.00 e. The van der Waals surface area contributed by atoms with E-state index in [1.807, 2.05) is 0 Å². The molecular formula is CH8I2O2. The average molecular weight is 306 g/mol. The van der Waals surface area contributed by atoms with Crippen LogP contribution in [0.15, 0.2) is 0 Å².